The molecule has 0 unspecified atom stereocenters. The van der Waals surface area contributed by atoms with Crippen LogP contribution in [0.1, 0.15) is 25.8 Å². The average Bonchev–Trinajstić information content (AvgIpc) is 2.29. The van der Waals surface area contributed by atoms with Gasteiger partial charge in [-0.2, -0.15) is 0 Å². The van der Waals surface area contributed by atoms with Crippen LogP contribution in [-0.2, 0) is 15.3 Å². The molecule has 16 heavy (non-hydrogen) atoms. The smallest absolute Gasteiger partial charge is 0.192 e. The summed E-state index contributed by atoms with van der Waals surface area (Å²) in [5, 5.41) is 0. The van der Waals surface area contributed by atoms with Crippen LogP contribution in [0.4, 0.5) is 0 Å². The molecule has 0 aromatic heterocycles. The van der Waals surface area contributed by atoms with Gasteiger partial charge in [-0.3, -0.25) is 0 Å². The maximum Gasteiger partial charge on any atom is 0.192 e. The number of methoxy groups -OCH3 is 1. The second kappa shape index (κ2) is 4.44. The summed E-state index contributed by atoms with van der Waals surface area (Å²) in [5.74, 6) is 0.223. The van der Waals surface area contributed by atoms with E-state index >= 15 is 0 Å². The van der Waals surface area contributed by atoms with Crippen molar-refractivity contribution in [3.05, 3.63) is 29.8 Å². The van der Waals surface area contributed by atoms with Crippen LogP contribution in [0, 0.1) is 0 Å². The Balaban J connectivity index is 2.20. The Kier molecular flexibility index (Phi) is 3.17. The van der Waals surface area contributed by atoms with E-state index in [1.54, 1.807) is 7.11 Å². The van der Waals surface area contributed by atoms with Gasteiger partial charge in [-0.05, 0) is 44.5 Å². The summed E-state index contributed by atoms with van der Waals surface area (Å²) < 4.78 is 16.7. The van der Waals surface area contributed by atoms with Crippen LogP contribution in [-0.4, -0.2) is 19.8 Å². The van der Waals surface area contributed by atoms with Gasteiger partial charge in [0.15, 0.2) is 5.79 Å². The van der Waals surface area contributed by atoms with E-state index in [-0.39, 0.29) is 6.10 Å². The maximum absolute atomic E-state index is 5.87. The minimum atomic E-state index is -0.621. The van der Waals surface area contributed by atoms with Crippen molar-refractivity contribution in [3.63, 3.8) is 0 Å². The topological polar surface area (TPSA) is 27.7 Å². The monoisotopic (exact) mass is 222 g/mol. The SMILES string of the molecule is COc1ccc([C@@]2(C)OCC[C@@H](C)O2)cc1. The Labute approximate surface area is 96.3 Å². The molecule has 1 heterocycles. The predicted molar refractivity (Wildman–Crippen MR) is 61.5 cm³/mol. The van der Waals surface area contributed by atoms with Crippen LogP contribution in [0.15, 0.2) is 24.3 Å². The highest BCUT2D eigenvalue weighted by Gasteiger charge is 2.34. The van der Waals surface area contributed by atoms with Crippen molar-refractivity contribution in [3.8, 4) is 5.75 Å². The van der Waals surface area contributed by atoms with E-state index in [2.05, 4.69) is 6.92 Å². The van der Waals surface area contributed by atoms with Crippen molar-refractivity contribution in [1.82, 2.24) is 0 Å². The number of benzene rings is 1. The lowest BCUT2D eigenvalue weighted by molar-refractivity contribution is -0.288. The van der Waals surface area contributed by atoms with Crippen LogP contribution in [0.3, 0.4) is 0 Å². The molecule has 2 rings (SSSR count). The van der Waals surface area contributed by atoms with Gasteiger partial charge < -0.3 is 14.2 Å². The predicted octanol–water partition coefficient (Wildman–Crippen LogP) is 2.69. The Hall–Kier alpha value is -1.06. The Morgan fingerprint density at radius 2 is 2.00 bits per heavy atom. The molecule has 1 aromatic rings. The van der Waals surface area contributed by atoms with Gasteiger partial charge in [-0.15, -0.1) is 0 Å². The molecule has 1 aromatic carbocycles. The van der Waals surface area contributed by atoms with Crippen LogP contribution in [0.2, 0.25) is 0 Å². The molecule has 3 heteroatoms. The van der Waals surface area contributed by atoms with Crippen molar-refractivity contribution < 1.29 is 14.2 Å². The fraction of sp³-hybridized carbons (Fsp3) is 0.538. The molecule has 88 valence electrons. The van der Waals surface area contributed by atoms with Gasteiger partial charge in [0.25, 0.3) is 0 Å². The van der Waals surface area contributed by atoms with Crippen LogP contribution >= 0.6 is 0 Å². The van der Waals surface area contributed by atoms with Crippen molar-refractivity contribution in [2.45, 2.75) is 32.2 Å². The molecule has 0 amide bonds. The molecule has 0 spiro atoms. The van der Waals surface area contributed by atoms with Crippen LogP contribution < -0.4 is 4.74 Å². The Morgan fingerprint density at radius 3 is 2.56 bits per heavy atom. The average molecular weight is 222 g/mol. The summed E-state index contributed by atoms with van der Waals surface area (Å²) in [6.07, 6.45) is 1.19. The first kappa shape index (κ1) is 11.4. The summed E-state index contributed by atoms with van der Waals surface area (Å²) in [6, 6.07) is 7.81. The molecule has 0 bridgehead atoms. The summed E-state index contributed by atoms with van der Waals surface area (Å²) in [5.41, 5.74) is 1.03. The van der Waals surface area contributed by atoms with Crippen molar-refractivity contribution in [2.75, 3.05) is 13.7 Å². The molecule has 1 aliphatic heterocycles. The third-order valence-corrected chi connectivity index (χ3v) is 2.94. The van der Waals surface area contributed by atoms with E-state index in [4.69, 9.17) is 14.2 Å². The van der Waals surface area contributed by atoms with Gasteiger partial charge in [0.2, 0.25) is 0 Å². The molecule has 1 fully saturated rings. The second-order valence-electron chi connectivity index (χ2n) is 4.24. The van der Waals surface area contributed by atoms with Gasteiger partial charge in [0.05, 0.1) is 19.8 Å². The molecule has 0 aliphatic carbocycles. The van der Waals surface area contributed by atoms with E-state index in [1.807, 2.05) is 31.2 Å². The fourth-order valence-corrected chi connectivity index (χ4v) is 1.94. The zero-order valence-electron chi connectivity index (χ0n) is 10.0. The molecule has 3 nitrogen and oxygen atoms in total. The van der Waals surface area contributed by atoms with E-state index in [0.29, 0.717) is 0 Å². The minimum absolute atomic E-state index is 0.237. The number of hydrogen-bond acceptors (Lipinski definition) is 3. The van der Waals surface area contributed by atoms with Crippen LogP contribution in [0.5, 0.6) is 5.75 Å². The number of ether oxygens (including phenoxy) is 3. The first-order chi connectivity index (χ1) is 7.64. The lowest BCUT2D eigenvalue weighted by atomic mass is 10.1. The van der Waals surface area contributed by atoms with E-state index in [0.717, 1.165) is 24.3 Å². The molecule has 1 aliphatic rings. The highest BCUT2D eigenvalue weighted by atomic mass is 16.7. The largest absolute Gasteiger partial charge is 0.497 e. The van der Waals surface area contributed by atoms with Gasteiger partial charge in [0, 0.05) is 5.56 Å². The fourth-order valence-electron chi connectivity index (χ4n) is 1.94. The molecular weight excluding hydrogens is 204 g/mol. The normalized spacial score (nSPS) is 30.1. The number of rotatable bonds is 2. The molecule has 0 N–H and O–H groups in total. The molecule has 0 saturated carbocycles. The lowest BCUT2D eigenvalue weighted by Gasteiger charge is -2.37. The van der Waals surface area contributed by atoms with Crippen molar-refractivity contribution >= 4 is 0 Å². The van der Waals surface area contributed by atoms with E-state index < -0.39 is 5.79 Å². The van der Waals surface area contributed by atoms with Gasteiger partial charge in [-0.1, -0.05) is 0 Å². The maximum atomic E-state index is 5.87. The summed E-state index contributed by atoms with van der Waals surface area (Å²) in [7, 11) is 1.66. The second-order valence-corrected chi connectivity index (χ2v) is 4.24. The zero-order chi connectivity index (χ0) is 11.6. The van der Waals surface area contributed by atoms with Crippen LogP contribution in [0.25, 0.3) is 0 Å². The quantitative estimate of drug-likeness (QED) is 0.770. The molecule has 0 radical (unpaired) electrons. The third kappa shape index (κ3) is 2.20. The minimum Gasteiger partial charge on any atom is -0.497 e. The van der Waals surface area contributed by atoms with Gasteiger partial charge in [0.1, 0.15) is 5.75 Å². The summed E-state index contributed by atoms with van der Waals surface area (Å²) >= 11 is 0. The van der Waals surface area contributed by atoms with E-state index in [1.165, 1.54) is 0 Å². The summed E-state index contributed by atoms with van der Waals surface area (Å²) in [4.78, 5) is 0. The first-order valence-electron chi connectivity index (χ1n) is 5.60. The lowest BCUT2D eigenvalue weighted by Crippen LogP contribution is -2.38. The molecular formula is C13H18O3. The summed E-state index contributed by atoms with van der Waals surface area (Å²) in [6.45, 7) is 4.78. The highest BCUT2D eigenvalue weighted by Crippen LogP contribution is 2.33. The Morgan fingerprint density at radius 1 is 1.31 bits per heavy atom. The first-order valence-corrected chi connectivity index (χ1v) is 5.60. The molecule has 2 atom stereocenters. The van der Waals surface area contributed by atoms with E-state index in [9.17, 15) is 0 Å². The van der Waals surface area contributed by atoms with Crippen molar-refractivity contribution in [1.29, 1.82) is 0 Å². The third-order valence-electron chi connectivity index (χ3n) is 2.94. The zero-order valence-corrected chi connectivity index (χ0v) is 10.0. The molecule has 1 saturated heterocycles. The standard InChI is InChI=1S/C13H18O3/c1-10-8-9-15-13(2,16-10)11-4-6-12(14-3)7-5-11/h4-7,10H,8-9H2,1-3H3/t10-,13+/m1/s1. The van der Waals surface area contributed by atoms with Gasteiger partial charge in [-0.25, -0.2) is 0 Å². The Bertz CT molecular complexity index is 347. The number of hydrogen-bond donors (Lipinski definition) is 0. The van der Waals surface area contributed by atoms with Crippen molar-refractivity contribution in [2.24, 2.45) is 0 Å². The van der Waals surface area contributed by atoms with Gasteiger partial charge >= 0.3 is 0 Å². The highest BCUT2D eigenvalue weighted by molar-refractivity contribution is 5.29.